The van der Waals surface area contributed by atoms with Gasteiger partial charge in [0.05, 0.1) is 17.7 Å². The van der Waals surface area contributed by atoms with E-state index in [1.807, 2.05) is 25.1 Å². The summed E-state index contributed by atoms with van der Waals surface area (Å²) in [7, 11) is 0. The molecule has 0 bridgehead atoms. The number of anilines is 2. The summed E-state index contributed by atoms with van der Waals surface area (Å²) in [6, 6.07) is 19.0. The Morgan fingerprint density at radius 3 is 2.30 bits per heavy atom. The Morgan fingerprint density at radius 1 is 1.00 bits per heavy atom. The van der Waals surface area contributed by atoms with Gasteiger partial charge in [-0.1, -0.05) is 38.0 Å². The van der Waals surface area contributed by atoms with Gasteiger partial charge >= 0.3 is 0 Å². The van der Waals surface area contributed by atoms with Crippen molar-refractivity contribution >= 4 is 11.4 Å². The minimum Gasteiger partial charge on any atom is -0.494 e. The third kappa shape index (κ3) is 5.93. The first kappa shape index (κ1) is 24.3. The van der Waals surface area contributed by atoms with E-state index in [2.05, 4.69) is 37.2 Å². The molecule has 0 aliphatic heterocycles. The van der Waals surface area contributed by atoms with Crippen LogP contribution in [0.4, 0.5) is 20.2 Å². The van der Waals surface area contributed by atoms with Gasteiger partial charge in [0.1, 0.15) is 17.4 Å². The predicted octanol–water partition coefficient (Wildman–Crippen LogP) is 7.66. The Labute approximate surface area is 196 Å². The molecule has 0 amide bonds. The Kier molecular flexibility index (Phi) is 8.11. The molecule has 2 nitrogen and oxygen atoms in total. The summed E-state index contributed by atoms with van der Waals surface area (Å²) in [5, 5.41) is 3.03. The van der Waals surface area contributed by atoms with Crippen LogP contribution in [0.3, 0.4) is 0 Å². The molecule has 0 heterocycles. The average molecular weight is 448 g/mol. The molecular weight excluding hydrogens is 416 g/mol. The maximum absolute atomic E-state index is 14.3. The van der Waals surface area contributed by atoms with Crippen LogP contribution in [0.5, 0.6) is 5.75 Å². The van der Waals surface area contributed by atoms with Crippen molar-refractivity contribution in [2.45, 2.75) is 45.4 Å². The second-order valence-electron chi connectivity index (χ2n) is 8.53. The molecule has 0 fully saturated rings. The number of benzene rings is 3. The van der Waals surface area contributed by atoms with Crippen LogP contribution in [0.15, 0.2) is 66.7 Å². The third-order valence-electron chi connectivity index (χ3n) is 6.11. The summed E-state index contributed by atoms with van der Waals surface area (Å²) in [5.74, 6) is 3.49. The van der Waals surface area contributed by atoms with Gasteiger partial charge in [-0.05, 0) is 91.8 Å². The lowest BCUT2D eigenvalue weighted by molar-refractivity contribution is 0.338. The Balaban J connectivity index is 1.72. The molecule has 4 heteroatoms. The van der Waals surface area contributed by atoms with E-state index in [0.29, 0.717) is 18.0 Å². The molecule has 3 rings (SSSR count). The number of hydrogen-bond donors (Lipinski definition) is 1. The zero-order valence-corrected chi connectivity index (χ0v) is 19.5. The highest BCUT2D eigenvalue weighted by molar-refractivity contribution is 5.60. The summed E-state index contributed by atoms with van der Waals surface area (Å²) < 4.78 is 33.1. The maximum atomic E-state index is 14.3. The molecule has 172 valence electrons. The van der Waals surface area contributed by atoms with Crippen molar-refractivity contribution in [3.8, 4) is 18.1 Å². The molecule has 1 unspecified atom stereocenters. The summed E-state index contributed by atoms with van der Waals surface area (Å²) in [6.07, 6.45) is 8.53. The molecular formula is C29H31F2NO. The van der Waals surface area contributed by atoms with E-state index in [9.17, 15) is 8.78 Å². The van der Waals surface area contributed by atoms with Gasteiger partial charge in [-0.3, -0.25) is 0 Å². The molecule has 3 aromatic carbocycles. The van der Waals surface area contributed by atoms with Gasteiger partial charge in [0.25, 0.3) is 0 Å². The number of aryl methyl sites for hydroxylation is 1. The molecule has 0 saturated carbocycles. The minimum atomic E-state index is -0.389. The lowest BCUT2D eigenvalue weighted by Gasteiger charge is -2.33. The Bertz CT molecular complexity index is 1080. The van der Waals surface area contributed by atoms with Crippen LogP contribution in [0.1, 0.15) is 44.7 Å². The van der Waals surface area contributed by atoms with Crippen molar-refractivity contribution in [1.82, 2.24) is 0 Å². The van der Waals surface area contributed by atoms with E-state index in [4.69, 9.17) is 11.2 Å². The normalized spacial score (nSPS) is 12.8. The zero-order chi connectivity index (χ0) is 23.8. The fourth-order valence-corrected chi connectivity index (χ4v) is 4.19. The topological polar surface area (TPSA) is 21.3 Å². The summed E-state index contributed by atoms with van der Waals surface area (Å²) in [4.78, 5) is 0. The van der Waals surface area contributed by atoms with E-state index >= 15 is 0 Å². The Morgan fingerprint density at radius 2 is 1.70 bits per heavy atom. The molecule has 33 heavy (non-hydrogen) atoms. The monoisotopic (exact) mass is 447 g/mol. The molecule has 0 radical (unpaired) electrons. The lowest BCUT2D eigenvalue weighted by atomic mass is 9.69. The van der Waals surface area contributed by atoms with E-state index in [-0.39, 0.29) is 23.0 Å². The number of halogens is 2. The van der Waals surface area contributed by atoms with E-state index in [0.717, 1.165) is 36.1 Å². The van der Waals surface area contributed by atoms with Gasteiger partial charge in [0, 0.05) is 5.69 Å². The largest absolute Gasteiger partial charge is 0.494 e. The number of terminal acetylenes is 1. The SMILES string of the molecule is C#CC(CCCc1ccc(F)c(Nc2ccc(F)cc2)c1)(c1ccc(OCC)cc1)C(C)C. The molecule has 0 aromatic heterocycles. The summed E-state index contributed by atoms with van der Waals surface area (Å²) in [5.41, 5.74) is 2.75. The molecule has 1 N–H and O–H groups in total. The van der Waals surface area contributed by atoms with Crippen molar-refractivity contribution < 1.29 is 13.5 Å². The number of nitrogens with one attached hydrogen (secondary N) is 1. The van der Waals surface area contributed by atoms with Gasteiger partial charge in [-0.15, -0.1) is 6.42 Å². The molecule has 0 spiro atoms. The molecule has 3 aromatic rings. The van der Waals surface area contributed by atoms with Crippen LogP contribution in [0.25, 0.3) is 0 Å². The average Bonchev–Trinajstić information content (AvgIpc) is 2.81. The molecule has 0 aliphatic rings. The van der Waals surface area contributed by atoms with Gasteiger partial charge in [-0.2, -0.15) is 0 Å². The van der Waals surface area contributed by atoms with Crippen molar-refractivity contribution in [3.05, 3.63) is 89.5 Å². The van der Waals surface area contributed by atoms with Crippen LogP contribution in [-0.4, -0.2) is 6.61 Å². The number of hydrogen-bond acceptors (Lipinski definition) is 2. The molecule has 0 aliphatic carbocycles. The third-order valence-corrected chi connectivity index (χ3v) is 6.11. The lowest BCUT2D eigenvalue weighted by Crippen LogP contribution is -2.30. The van der Waals surface area contributed by atoms with Gasteiger partial charge in [0.2, 0.25) is 0 Å². The zero-order valence-electron chi connectivity index (χ0n) is 19.5. The summed E-state index contributed by atoms with van der Waals surface area (Å²) >= 11 is 0. The predicted molar refractivity (Wildman–Crippen MR) is 132 cm³/mol. The van der Waals surface area contributed by atoms with Gasteiger partial charge in [-0.25, -0.2) is 8.78 Å². The van der Waals surface area contributed by atoms with Gasteiger partial charge in [0.15, 0.2) is 0 Å². The second-order valence-corrected chi connectivity index (χ2v) is 8.53. The van der Waals surface area contributed by atoms with Crippen LogP contribution < -0.4 is 10.1 Å². The maximum Gasteiger partial charge on any atom is 0.146 e. The van der Waals surface area contributed by atoms with Crippen LogP contribution in [0.2, 0.25) is 0 Å². The smallest absolute Gasteiger partial charge is 0.146 e. The summed E-state index contributed by atoms with van der Waals surface area (Å²) in [6.45, 7) is 6.89. The van der Waals surface area contributed by atoms with Crippen LogP contribution in [0, 0.1) is 29.9 Å². The second kappa shape index (κ2) is 11.0. The fourth-order valence-electron chi connectivity index (χ4n) is 4.19. The highest BCUT2D eigenvalue weighted by Gasteiger charge is 2.33. The van der Waals surface area contributed by atoms with E-state index < -0.39 is 0 Å². The highest BCUT2D eigenvalue weighted by Crippen LogP contribution is 2.38. The fraction of sp³-hybridized carbons (Fsp3) is 0.310. The van der Waals surface area contributed by atoms with Crippen molar-refractivity contribution in [1.29, 1.82) is 0 Å². The number of rotatable bonds is 10. The standard InChI is InChI=1S/C29H31F2NO/c1-5-29(21(3)4,23-10-16-26(17-11-23)33-6-2)19-7-8-22-9-18-27(31)28(20-22)32-25-14-12-24(30)13-15-25/h1,9-18,20-21,32H,6-8,19H2,2-4H3. The first-order valence-corrected chi connectivity index (χ1v) is 11.4. The molecule has 0 saturated heterocycles. The van der Waals surface area contributed by atoms with E-state index in [1.54, 1.807) is 18.2 Å². The molecule has 1 atom stereocenters. The Hall–Kier alpha value is -3.32. The van der Waals surface area contributed by atoms with Crippen molar-refractivity contribution in [2.24, 2.45) is 5.92 Å². The van der Waals surface area contributed by atoms with Crippen molar-refractivity contribution in [2.75, 3.05) is 11.9 Å². The van der Waals surface area contributed by atoms with Crippen LogP contribution >= 0.6 is 0 Å². The quantitative estimate of drug-likeness (QED) is 0.322. The van der Waals surface area contributed by atoms with Gasteiger partial charge < -0.3 is 10.1 Å². The van der Waals surface area contributed by atoms with Crippen LogP contribution in [-0.2, 0) is 11.8 Å². The van der Waals surface area contributed by atoms with Crippen molar-refractivity contribution in [3.63, 3.8) is 0 Å². The first-order valence-electron chi connectivity index (χ1n) is 11.4. The number of ether oxygens (including phenoxy) is 1. The highest BCUT2D eigenvalue weighted by atomic mass is 19.1. The minimum absolute atomic E-state index is 0.254. The first-order chi connectivity index (χ1) is 15.9. The van der Waals surface area contributed by atoms with E-state index in [1.165, 1.54) is 18.2 Å².